The fourth-order valence-corrected chi connectivity index (χ4v) is 1.60. The van der Waals surface area contributed by atoms with E-state index in [1.165, 1.54) is 6.07 Å². The van der Waals surface area contributed by atoms with Crippen LogP contribution in [0.5, 0.6) is 0 Å². The Bertz CT molecular complexity index is 736. The molecule has 2 rings (SSSR count). The number of non-ortho nitro benzene ring substituents is 1. The molecular weight excluding hydrogens is 285 g/mol. The molecule has 0 aliphatic carbocycles. The second kappa shape index (κ2) is 5.53. The van der Waals surface area contributed by atoms with E-state index in [9.17, 15) is 24.1 Å². The van der Waals surface area contributed by atoms with Crippen molar-refractivity contribution in [1.82, 2.24) is 0 Å². The van der Waals surface area contributed by atoms with Crippen LogP contribution in [0.2, 0.25) is 0 Å². The summed E-state index contributed by atoms with van der Waals surface area (Å²) in [5.74, 6) is -3.19. The quantitative estimate of drug-likeness (QED) is 0.371. The van der Waals surface area contributed by atoms with Crippen molar-refractivity contribution < 1.29 is 28.1 Å². The Morgan fingerprint density at radius 3 is 2.52 bits per heavy atom. The summed E-state index contributed by atoms with van der Waals surface area (Å²) in [4.78, 5) is 33.2. The Morgan fingerprint density at radius 1 is 1.24 bits per heavy atom. The van der Waals surface area contributed by atoms with Crippen molar-refractivity contribution in [3.05, 3.63) is 63.3 Å². The summed E-state index contributed by atoms with van der Waals surface area (Å²) in [7, 11) is 1.13. The van der Waals surface area contributed by atoms with Gasteiger partial charge in [0.05, 0.1) is 17.6 Å². The highest BCUT2D eigenvalue weighted by Crippen LogP contribution is 2.21. The van der Waals surface area contributed by atoms with E-state index in [0.29, 0.717) is 0 Å². The van der Waals surface area contributed by atoms with Gasteiger partial charge >= 0.3 is 5.97 Å². The molecule has 0 saturated carbocycles. The number of ketones is 1. The van der Waals surface area contributed by atoms with Crippen molar-refractivity contribution in [3.8, 4) is 0 Å². The lowest BCUT2D eigenvalue weighted by Crippen LogP contribution is -2.05. The van der Waals surface area contributed by atoms with Crippen molar-refractivity contribution in [2.24, 2.45) is 0 Å². The highest BCUT2D eigenvalue weighted by molar-refractivity contribution is 6.08. The predicted octanol–water partition coefficient (Wildman–Crippen LogP) is 2.34. The van der Waals surface area contributed by atoms with E-state index >= 15 is 0 Å². The van der Waals surface area contributed by atoms with Crippen molar-refractivity contribution in [2.45, 2.75) is 0 Å². The van der Waals surface area contributed by atoms with Gasteiger partial charge in [0.15, 0.2) is 5.76 Å². The third-order valence-electron chi connectivity index (χ3n) is 2.62. The highest BCUT2D eigenvalue weighted by atomic mass is 19.1. The van der Waals surface area contributed by atoms with Gasteiger partial charge in [-0.05, 0) is 18.2 Å². The summed E-state index contributed by atoms with van der Waals surface area (Å²) >= 11 is 0. The van der Waals surface area contributed by atoms with Crippen molar-refractivity contribution in [1.29, 1.82) is 0 Å². The molecule has 1 aromatic carbocycles. The van der Waals surface area contributed by atoms with Gasteiger partial charge in [0.2, 0.25) is 11.5 Å². The van der Waals surface area contributed by atoms with Crippen LogP contribution in [-0.2, 0) is 4.74 Å². The summed E-state index contributed by atoms with van der Waals surface area (Å²) in [6, 6.07) is 4.91. The largest absolute Gasteiger partial charge is 0.463 e. The molecule has 0 N–H and O–H groups in total. The minimum Gasteiger partial charge on any atom is -0.463 e. The zero-order chi connectivity index (χ0) is 15.6. The molecule has 1 heterocycles. The highest BCUT2D eigenvalue weighted by Gasteiger charge is 2.22. The fraction of sp³-hybridized carbons (Fsp3) is 0.0769. The summed E-state index contributed by atoms with van der Waals surface area (Å²) in [6.07, 6.45) is 0. The minimum absolute atomic E-state index is 0.230. The van der Waals surface area contributed by atoms with Crippen LogP contribution in [0.4, 0.5) is 10.1 Å². The summed E-state index contributed by atoms with van der Waals surface area (Å²) < 4.78 is 23.0. The smallest absolute Gasteiger partial charge is 0.373 e. The van der Waals surface area contributed by atoms with Crippen LogP contribution >= 0.6 is 0 Å². The number of nitro benzene ring substituents is 1. The van der Waals surface area contributed by atoms with Crippen LogP contribution in [0.1, 0.15) is 26.7 Å². The molecular formula is C13H8FNO6. The molecule has 0 aliphatic rings. The lowest BCUT2D eigenvalue weighted by atomic mass is 10.1. The number of ether oxygens (including phenoxy) is 1. The zero-order valence-corrected chi connectivity index (χ0v) is 10.7. The maximum absolute atomic E-state index is 13.6. The Hall–Kier alpha value is -3.03. The van der Waals surface area contributed by atoms with E-state index in [-0.39, 0.29) is 11.5 Å². The number of esters is 1. The lowest BCUT2D eigenvalue weighted by molar-refractivity contribution is -0.384. The molecule has 0 amide bonds. The van der Waals surface area contributed by atoms with Gasteiger partial charge in [-0.1, -0.05) is 0 Å². The standard InChI is InChI=1S/C13H8FNO6/c1-20-13(17)11-5-4-10(21-11)12(16)8-6-7(15(18)19)2-3-9(8)14/h2-6H,1H3. The van der Waals surface area contributed by atoms with Crippen LogP contribution in [0, 0.1) is 15.9 Å². The number of methoxy groups -OCH3 is 1. The molecule has 1 aromatic heterocycles. The van der Waals surface area contributed by atoms with E-state index in [1.807, 2.05) is 0 Å². The number of hydrogen-bond donors (Lipinski definition) is 0. The molecule has 0 radical (unpaired) electrons. The van der Waals surface area contributed by atoms with Crippen molar-refractivity contribution in [3.63, 3.8) is 0 Å². The molecule has 0 saturated heterocycles. The van der Waals surface area contributed by atoms with Crippen LogP contribution in [0.3, 0.4) is 0 Å². The first-order valence-corrected chi connectivity index (χ1v) is 5.61. The molecule has 0 atom stereocenters. The average molecular weight is 293 g/mol. The van der Waals surface area contributed by atoms with Crippen LogP contribution < -0.4 is 0 Å². The van der Waals surface area contributed by atoms with Gasteiger partial charge in [-0.25, -0.2) is 9.18 Å². The third kappa shape index (κ3) is 2.78. The van der Waals surface area contributed by atoms with Gasteiger partial charge < -0.3 is 9.15 Å². The zero-order valence-electron chi connectivity index (χ0n) is 10.7. The molecule has 0 aliphatic heterocycles. The molecule has 7 nitrogen and oxygen atoms in total. The van der Waals surface area contributed by atoms with Gasteiger partial charge in [0.25, 0.3) is 5.69 Å². The first-order chi connectivity index (χ1) is 9.93. The number of nitrogens with zero attached hydrogens (tertiary/aromatic N) is 1. The van der Waals surface area contributed by atoms with E-state index in [4.69, 9.17) is 4.42 Å². The first-order valence-electron chi connectivity index (χ1n) is 5.61. The molecule has 0 unspecified atom stereocenters. The summed E-state index contributed by atoms with van der Waals surface area (Å²) in [6.45, 7) is 0. The molecule has 21 heavy (non-hydrogen) atoms. The maximum Gasteiger partial charge on any atom is 0.373 e. The van der Waals surface area contributed by atoms with Gasteiger partial charge in [-0.15, -0.1) is 0 Å². The molecule has 0 spiro atoms. The Morgan fingerprint density at radius 2 is 1.90 bits per heavy atom. The molecule has 108 valence electrons. The fourth-order valence-electron chi connectivity index (χ4n) is 1.60. The minimum atomic E-state index is -0.929. The number of halogens is 1. The molecule has 8 heteroatoms. The van der Waals surface area contributed by atoms with E-state index in [2.05, 4.69) is 4.74 Å². The third-order valence-corrected chi connectivity index (χ3v) is 2.62. The van der Waals surface area contributed by atoms with E-state index < -0.39 is 33.7 Å². The average Bonchev–Trinajstić information content (AvgIpc) is 2.95. The topological polar surface area (TPSA) is 99.7 Å². The number of carbonyl (C=O) groups excluding carboxylic acids is 2. The van der Waals surface area contributed by atoms with Crippen molar-refractivity contribution >= 4 is 17.4 Å². The van der Waals surface area contributed by atoms with E-state index in [1.54, 1.807) is 0 Å². The SMILES string of the molecule is COC(=O)c1ccc(C(=O)c2cc([N+](=O)[O-])ccc2F)o1. The summed E-state index contributed by atoms with van der Waals surface area (Å²) in [5, 5.41) is 10.6. The number of hydrogen-bond acceptors (Lipinski definition) is 6. The second-order valence-electron chi connectivity index (χ2n) is 3.91. The van der Waals surface area contributed by atoms with E-state index in [0.717, 1.165) is 31.4 Å². The van der Waals surface area contributed by atoms with Crippen LogP contribution in [-0.4, -0.2) is 23.8 Å². The van der Waals surface area contributed by atoms with Gasteiger partial charge in [-0.3, -0.25) is 14.9 Å². The first kappa shape index (κ1) is 14.4. The normalized spacial score (nSPS) is 10.2. The van der Waals surface area contributed by atoms with Crippen molar-refractivity contribution in [2.75, 3.05) is 7.11 Å². The predicted molar refractivity (Wildman–Crippen MR) is 66.5 cm³/mol. The lowest BCUT2D eigenvalue weighted by Gasteiger charge is -2.00. The maximum atomic E-state index is 13.6. The van der Waals surface area contributed by atoms with Crippen LogP contribution in [0.15, 0.2) is 34.7 Å². The summed E-state index contributed by atoms with van der Waals surface area (Å²) in [5.41, 5.74) is -0.950. The number of furan rings is 1. The van der Waals surface area contributed by atoms with Crippen LogP contribution in [0.25, 0.3) is 0 Å². The number of nitro groups is 1. The molecule has 2 aromatic rings. The molecule has 0 fully saturated rings. The monoisotopic (exact) mass is 293 g/mol. The Kier molecular flexibility index (Phi) is 3.79. The number of rotatable bonds is 4. The number of benzene rings is 1. The Labute approximate surface area is 117 Å². The molecule has 0 bridgehead atoms. The van der Waals surface area contributed by atoms with Gasteiger partial charge in [-0.2, -0.15) is 0 Å². The Balaban J connectivity index is 2.40. The second-order valence-corrected chi connectivity index (χ2v) is 3.91. The number of carbonyl (C=O) groups is 2. The van der Waals surface area contributed by atoms with Gasteiger partial charge in [0.1, 0.15) is 5.82 Å². The van der Waals surface area contributed by atoms with Gasteiger partial charge in [0, 0.05) is 12.1 Å².